The Labute approximate surface area is 186 Å². The summed E-state index contributed by atoms with van der Waals surface area (Å²) in [6.45, 7) is 9.77. The molecule has 0 aromatic carbocycles. The number of aliphatic hydroxyl groups is 1. The molecule has 178 valence electrons. The van der Waals surface area contributed by atoms with Crippen molar-refractivity contribution < 1.29 is 14.7 Å². The Morgan fingerprint density at radius 3 is 1.53 bits per heavy atom. The monoisotopic (exact) mass is 426 g/mol. The number of unbranched alkanes of at least 4 members (excludes halogenated alkanes) is 12. The lowest BCUT2D eigenvalue weighted by Crippen LogP contribution is -2.54. The van der Waals surface area contributed by atoms with Gasteiger partial charge >= 0.3 is 0 Å². The maximum Gasteiger partial charge on any atom is 0.245 e. The molecule has 0 saturated heterocycles. The minimum Gasteiger partial charge on any atom is -0.391 e. The van der Waals surface area contributed by atoms with Crippen molar-refractivity contribution in [2.45, 2.75) is 143 Å². The first-order chi connectivity index (χ1) is 14.3. The first-order valence-electron chi connectivity index (χ1n) is 12.6. The van der Waals surface area contributed by atoms with Crippen LogP contribution < -0.4 is 10.6 Å². The summed E-state index contributed by atoms with van der Waals surface area (Å²) in [5.74, 6) is -0.175. The summed E-state index contributed by atoms with van der Waals surface area (Å²) in [7, 11) is 0. The molecule has 5 nitrogen and oxygen atoms in total. The van der Waals surface area contributed by atoms with Gasteiger partial charge in [0.1, 0.15) is 6.04 Å². The normalized spacial score (nSPS) is 14.4. The predicted octanol–water partition coefficient (Wildman–Crippen LogP) is 5.49. The van der Waals surface area contributed by atoms with E-state index in [1.54, 1.807) is 0 Å². The van der Waals surface area contributed by atoms with E-state index >= 15 is 0 Å². The Bertz CT molecular complexity index is 438. The third kappa shape index (κ3) is 15.7. The molecule has 0 aliphatic heterocycles. The van der Waals surface area contributed by atoms with Crippen LogP contribution in [0.15, 0.2) is 0 Å². The van der Waals surface area contributed by atoms with Crippen LogP contribution in [0.4, 0.5) is 0 Å². The van der Waals surface area contributed by atoms with E-state index in [2.05, 4.69) is 17.6 Å². The van der Waals surface area contributed by atoms with Crippen molar-refractivity contribution in [1.82, 2.24) is 10.6 Å². The minimum absolute atomic E-state index is 0.00305. The summed E-state index contributed by atoms with van der Waals surface area (Å²) >= 11 is 0. The highest BCUT2D eigenvalue weighted by Crippen LogP contribution is 2.13. The number of hydrogen-bond acceptors (Lipinski definition) is 3. The molecule has 0 aliphatic carbocycles. The van der Waals surface area contributed by atoms with Gasteiger partial charge in [-0.05, 0) is 26.2 Å². The smallest absolute Gasteiger partial charge is 0.245 e. The number of rotatable bonds is 19. The third-order valence-electron chi connectivity index (χ3n) is 5.96. The molecule has 0 aromatic heterocycles. The van der Waals surface area contributed by atoms with E-state index in [1.165, 1.54) is 71.1 Å². The van der Waals surface area contributed by atoms with Crippen LogP contribution >= 0.6 is 0 Å². The highest BCUT2D eigenvalue weighted by molar-refractivity contribution is 5.88. The summed E-state index contributed by atoms with van der Waals surface area (Å²) in [6.07, 6.45) is 16.0. The molecule has 0 rings (SSSR count). The molecular weight excluding hydrogens is 376 g/mol. The van der Waals surface area contributed by atoms with Gasteiger partial charge in [-0.3, -0.25) is 9.59 Å². The number of hydrogen-bond donors (Lipinski definition) is 3. The fourth-order valence-electron chi connectivity index (χ4n) is 3.43. The van der Waals surface area contributed by atoms with Gasteiger partial charge in [0.25, 0.3) is 0 Å². The van der Waals surface area contributed by atoms with Gasteiger partial charge in [-0.25, -0.2) is 0 Å². The molecule has 2 amide bonds. The van der Waals surface area contributed by atoms with E-state index in [1.807, 2.05) is 20.8 Å². The number of aliphatic hydroxyl groups excluding tert-OH is 1. The predicted molar refractivity (Wildman–Crippen MR) is 126 cm³/mol. The molecule has 0 aliphatic rings. The quantitative estimate of drug-likeness (QED) is 0.239. The Balaban J connectivity index is 3.78. The molecule has 0 radical (unpaired) electrons. The molecular formula is C25H50N2O3. The van der Waals surface area contributed by atoms with Gasteiger partial charge in [0.15, 0.2) is 0 Å². The van der Waals surface area contributed by atoms with E-state index in [-0.39, 0.29) is 17.9 Å². The molecule has 30 heavy (non-hydrogen) atoms. The number of carbonyl (C=O) groups is 2. The van der Waals surface area contributed by atoms with Crippen LogP contribution in [0.2, 0.25) is 0 Å². The van der Waals surface area contributed by atoms with Gasteiger partial charge in [-0.15, -0.1) is 0 Å². The first kappa shape index (κ1) is 28.9. The maximum absolute atomic E-state index is 12.3. The summed E-state index contributed by atoms with van der Waals surface area (Å²) in [5.41, 5.74) is 0. The Kier molecular flexibility index (Phi) is 18.0. The lowest BCUT2D eigenvalue weighted by Gasteiger charge is -2.24. The Hall–Kier alpha value is -1.10. The van der Waals surface area contributed by atoms with Crippen molar-refractivity contribution in [2.75, 3.05) is 0 Å². The standard InChI is InChI=1S/C25H50N2O3/c1-6-7-8-9-10-11-12-13-14-15-16-17-18-19-23(29)27-24(22(5)28)25(30)26-21(4)20(2)3/h20-22,24,28H,6-19H2,1-5H3,(H,26,30)(H,27,29)/t21-,22-,24+/m1/s1. The molecule has 0 heterocycles. The molecule has 3 atom stereocenters. The zero-order valence-corrected chi connectivity index (χ0v) is 20.5. The highest BCUT2D eigenvalue weighted by atomic mass is 16.3. The number of amides is 2. The fraction of sp³-hybridized carbons (Fsp3) is 0.920. The zero-order chi connectivity index (χ0) is 22.8. The van der Waals surface area contributed by atoms with Crippen molar-refractivity contribution in [3.05, 3.63) is 0 Å². The zero-order valence-electron chi connectivity index (χ0n) is 20.5. The third-order valence-corrected chi connectivity index (χ3v) is 5.96. The van der Waals surface area contributed by atoms with Crippen LogP contribution in [-0.4, -0.2) is 35.1 Å². The average Bonchev–Trinajstić information content (AvgIpc) is 2.69. The molecule has 5 heteroatoms. The van der Waals surface area contributed by atoms with Crippen molar-refractivity contribution in [3.63, 3.8) is 0 Å². The van der Waals surface area contributed by atoms with E-state index < -0.39 is 12.1 Å². The minimum atomic E-state index is -0.917. The lowest BCUT2D eigenvalue weighted by molar-refractivity contribution is -0.132. The van der Waals surface area contributed by atoms with E-state index in [4.69, 9.17) is 0 Å². The second-order valence-corrected chi connectivity index (χ2v) is 9.32. The van der Waals surface area contributed by atoms with Crippen LogP contribution in [0.25, 0.3) is 0 Å². The van der Waals surface area contributed by atoms with E-state index in [0.29, 0.717) is 12.3 Å². The van der Waals surface area contributed by atoms with Gasteiger partial charge in [0.2, 0.25) is 11.8 Å². The van der Waals surface area contributed by atoms with Crippen LogP contribution in [0.1, 0.15) is 125 Å². The van der Waals surface area contributed by atoms with Crippen LogP contribution in [0, 0.1) is 5.92 Å². The highest BCUT2D eigenvalue weighted by Gasteiger charge is 2.26. The number of nitrogens with one attached hydrogen (secondary N) is 2. The SMILES string of the molecule is CCCCCCCCCCCCCCCC(=O)N[C@H](C(=O)N[C@H](C)C(C)C)[C@@H](C)O. The first-order valence-corrected chi connectivity index (χ1v) is 12.6. The van der Waals surface area contributed by atoms with Crippen LogP contribution in [-0.2, 0) is 9.59 Å². The number of carbonyl (C=O) groups excluding carboxylic acids is 2. The maximum atomic E-state index is 12.3. The van der Waals surface area contributed by atoms with Gasteiger partial charge in [0.05, 0.1) is 6.10 Å². The molecule has 0 unspecified atom stereocenters. The molecule has 0 fully saturated rings. The van der Waals surface area contributed by atoms with Crippen molar-refractivity contribution in [1.29, 1.82) is 0 Å². The lowest BCUT2D eigenvalue weighted by atomic mass is 10.0. The van der Waals surface area contributed by atoms with Crippen LogP contribution in [0.5, 0.6) is 0 Å². The molecule has 0 bridgehead atoms. The van der Waals surface area contributed by atoms with E-state index in [0.717, 1.165) is 19.3 Å². The summed E-state index contributed by atoms with van der Waals surface area (Å²) < 4.78 is 0. The van der Waals surface area contributed by atoms with Gasteiger partial charge in [0, 0.05) is 12.5 Å². The Morgan fingerprint density at radius 1 is 0.700 bits per heavy atom. The van der Waals surface area contributed by atoms with Crippen molar-refractivity contribution >= 4 is 11.8 Å². The summed E-state index contributed by atoms with van der Waals surface area (Å²) in [6, 6.07) is -0.891. The molecule has 0 saturated carbocycles. The molecule has 0 spiro atoms. The largest absolute Gasteiger partial charge is 0.391 e. The second kappa shape index (κ2) is 18.7. The second-order valence-electron chi connectivity index (χ2n) is 9.32. The molecule has 0 aromatic rings. The van der Waals surface area contributed by atoms with Crippen molar-refractivity contribution in [3.8, 4) is 0 Å². The van der Waals surface area contributed by atoms with Gasteiger partial charge < -0.3 is 15.7 Å². The summed E-state index contributed by atoms with van der Waals surface area (Å²) in [5, 5.41) is 15.5. The fourth-order valence-corrected chi connectivity index (χ4v) is 3.43. The molecule has 3 N–H and O–H groups in total. The van der Waals surface area contributed by atoms with Gasteiger partial charge in [-0.2, -0.15) is 0 Å². The van der Waals surface area contributed by atoms with Crippen molar-refractivity contribution in [2.24, 2.45) is 5.92 Å². The van der Waals surface area contributed by atoms with Gasteiger partial charge in [-0.1, -0.05) is 97.8 Å². The topological polar surface area (TPSA) is 78.4 Å². The Morgan fingerprint density at radius 2 is 1.13 bits per heavy atom. The van der Waals surface area contributed by atoms with E-state index in [9.17, 15) is 14.7 Å². The van der Waals surface area contributed by atoms with Crippen LogP contribution in [0.3, 0.4) is 0 Å². The summed E-state index contributed by atoms with van der Waals surface area (Å²) in [4.78, 5) is 24.5. The average molecular weight is 427 g/mol.